The summed E-state index contributed by atoms with van der Waals surface area (Å²) in [5.41, 5.74) is 0. The van der Waals surface area contributed by atoms with E-state index in [9.17, 15) is 9.59 Å². The Balaban J connectivity index is 0.000000200. The maximum atomic E-state index is 10.2. The average molecular weight is 284 g/mol. The zero-order valence-electron chi connectivity index (χ0n) is 10.0. The predicted molar refractivity (Wildman–Crippen MR) is 64.7 cm³/mol. The van der Waals surface area contributed by atoms with Gasteiger partial charge in [0.2, 0.25) is 0 Å². The number of carboxylic acids is 2. The van der Waals surface area contributed by atoms with Crippen molar-refractivity contribution < 1.29 is 39.5 Å². The van der Waals surface area contributed by atoms with E-state index in [1.54, 1.807) is 0 Å². The van der Waals surface area contributed by atoms with E-state index in [1.807, 2.05) is 0 Å². The largest absolute Gasteiger partial charge is 0.508 e. The SMILES string of the molecule is O=C(O)C1OC=CC=C1O.O=C(O)C1OC=CC=C1O. The van der Waals surface area contributed by atoms with Crippen LogP contribution < -0.4 is 0 Å². The Morgan fingerprint density at radius 1 is 0.850 bits per heavy atom. The molecule has 8 nitrogen and oxygen atoms in total. The second-order valence-corrected chi connectivity index (χ2v) is 3.55. The third kappa shape index (κ3) is 4.09. The van der Waals surface area contributed by atoms with E-state index in [4.69, 9.17) is 20.4 Å². The Labute approximate surface area is 113 Å². The highest BCUT2D eigenvalue weighted by atomic mass is 16.5. The molecule has 0 saturated carbocycles. The van der Waals surface area contributed by atoms with Crippen LogP contribution in [0.5, 0.6) is 0 Å². The molecule has 2 unspecified atom stereocenters. The van der Waals surface area contributed by atoms with Crippen LogP contribution in [0.15, 0.2) is 48.3 Å². The molecular weight excluding hydrogens is 272 g/mol. The van der Waals surface area contributed by atoms with Gasteiger partial charge >= 0.3 is 11.9 Å². The average Bonchev–Trinajstić information content (AvgIpc) is 2.40. The number of ether oxygens (including phenoxy) is 2. The van der Waals surface area contributed by atoms with Crippen molar-refractivity contribution in [2.24, 2.45) is 0 Å². The first-order chi connectivity index (χ1) is 9.43. The van der Waals surface area contributed by atoms with Gasteiger partial charge in [0.25, 0.3) is 12.2 Å². The number of carboxylic acid groups (broad SMARTS) is 2. The molecule has 8 heteroatoms. The Hall–Kier alpha value is -2.90. The molecule has 2 aliphatic rings. The Morgan fingerprint density at radius 2 is 1.20 bits per heavy atom. The zero-order chi connectivity index (χ0) is 15.1. The highest BCUT2D eigenvalue weighted by molar-refractivity contribution is 5.76. The fraction of sp³-hybridized carbons (Fsp3) is 0.167. The summed E-state index contributed by atoms with van der Waals surface area (Å²) in [6.45, 7) is 0. The lowest BCUT2D eigenvalue weighted by atomic mass is 10.2. The number of aliphatic hydroxyl groups is 2. The normalized spacial score (nSPS) is 23.2. The minimum Gasteiger partial charge on any atom is -0.508 e. The van der Waals surface area contributed by atoms with Crippen molar-refractivity contribution in [1.29, 1.82) is 0 Å². The lowest BCUT2D eigenvalue weighted by Crippen LogP contribution is -2.25. The van der Waals surface area contributed by atoms with Crippen molar-refractivity contribution >= 4 is 11.9 Å². The van der Waals surface area contributed by atoms with Crippen LogP contribution in [0, 0.1) is 0 Å². The smallest absolute Gasteiger partial charge is 0.352 e. The van der Waals surface area contributed by atoms with E-state index in [-0.39, 0.29) is 11.5 Å². The van der Waals surface area contributed by atoms with Crippen LogP contribution in [0.25, 0.3) is 0 Å². The van der Waals surface area contributed by atoms with Crippen molar-refractivity contribution in [1.82, 2.24) is 0 Å². The molecule has 0 spiro atoms. The first-order valence-electron chi connectivity index (χ1n) is 5.31. The number of aliphatic carboxylic acids is 2. The van der Waals surface area contributed by atoms with Gasteiger partial charge in [-0.1, -0.05) is 0 Å². The van der Waals surface area contributed by atoms with Gasteiger partial charge in [-0.05, 0) is 24.3 Å². The highest BCUT2D eigenvalue weighted by Crippen LogP contribution is 2.09. The van der Waals surface area contributed by atoms with E-state index in [2.05, 4.69) is 9.47 Å². The quantitative estimate of drug-likeness (QED) is 0.586. The van der Waals surface area contributed by atoms with Gasteiger partial charge < -0.3 is 29.9 Å². The summed E-state index contributed by atoms with van der Waals surface area (Å²) >= 11 is 0. The lowest BCUT2D eigenvalue weighted by Gasteiger charge is -2.12. The summed E-state index contributed by atoms with van der Waals surface area (Å²) in [5, 5.41) is 34.4. The van der Waals surface area contributed by atoms with Gasteiger partial charge in [-0.15, -0.1) is 0 Å². The molecule has 2 heterocycles. The van der Waals surface area contributed by atoms with E-state index < -0.39 is 24.1 Å². The van der Waals surface area contributed by atoms with Gasteiger partial charge in [-0.25, -0.2) is 9.59 Å². The van der Waals surface area contributed by atoms with E-state index in [0.29, 0.717) is 0 Å². The molecule has 0 aliphatic carbocycles. The summed E-state index contributed by atoms with van der Waals surface area (Å²) in [4.78, 5) is 20.4. The molecule has 2 atom stereocenters. The Morgan fingerprint density at radius 3 is 1.40 bits per heavy atom. The number of carbonyl (C=O) groups is 2. The van der Waals surface area contributed by atoms with Crippen molar-refractivity contribution in [2.45, 2.75) is 12.2 Å². The fourth-order valence-corrected chi connectivity index (χ4v) is 1.21. The minimum absolute atomic E-state index is 0.282. The standard InChI is InChI=1S/2C6H6O4/c2*7-4-2-1-3-10-5(4)6(8)9/h2*1-3,5,7H,(H,8,9). The number of hydrogen-bond donors (Lipinski definition) is 4. The molecule has 2 aliphatic heterocycles. The fourth-order valence-electron chi connectivity index (χ4n) is 1.21. The molecular formula is C12H12O8. The van der Waals surface area contributed by atoms with Crippen molar-refractivity contribution in [3.63, 3.8) is 0 Å². The minimum atomic E-state index is -1.23. The molecule has 0 saturated heterocycles. The molecule has 0 bridgehead atoms. The van der Waals surface area contributed by atoms with Crippen LogP contribution in [0.3, 0.4) is 0 Å². The zero-order valence-corrected chi connectivity index (χ0v) is 10.0. The molecule has 0 radical (unpaired) electrons. The van der Waals surface area contributed by atoms with Crippen molar-refractivity contribution in [2.75, 3.05) is 0 Å². The van der Waals surface area contributed by atoms with Crippen LogP contribution in [-0.2, 0) is 19.1 Å². The predicted octanol–water partition coefficient (Wildman–Crippen LogP) is 0.851. The van der Waals surface area contributed by atoms with Gasteiger partial charge in [0.05, 0.1) is 12.5 Å². The van der Waals surface area contributed by atoms with Gasteiger partial charge in [0, 0.05) is 0 Å². The molecule has 4 N–H and O–H groups in total. The Kier molecular flexibility index (Phi) is 5.21. The molecule has 0 aromatic rings. The third-order valence-electron chi connectivity index (χ3n) is 2.11. The van der Waals surface area contributed by atoms with E-state index >= 15 is 0 Å². The van der Waals surface area contributed by atoms with E-state index in [1.165, 1.54) is 36.8 Å². The number of allylic oxidation sites excluding steroid dienone is 4. The topological polar surface area (TPSA) is 134 Å². The maximum Gasteiger partial charge on any atom is 0.352 e. The summed E-state index contributed by atoms with van der Waals surface area (Å²) in [5.74, 6) is -2.96. The first kappa shape index (κ1) is 15.2. The Bertz CT molecular complexity index is 454. The summed E-state index contributed by atoms with van der Waals surface area (Å²) in [6, 6.07) is 0. The molecule has 0 aromatic heterocycles. The van der Waals surface area contributed by atoms with Crippen molar-refractivity contribution in [3.05, 3.63) is 48.3 Å². The number of rotatable bonds is 2. The molecule has 108 valence electrons. The van der Waals surface area contributed by atoms with Crippen LogP contribution in [0.4, 0.5) is 0 Å². The van der Waals surface area contributed by atoms with Gasteiger partial charge in [0.15, 0.2) is 0 Å². The van der Waals surface area contributed by atoms with Gasteiger partial charge in [-0.3, -0.25) is 0 Å². The summed E-state index contributed by atoms with van der Waals surface area (Å²) in [7, 11) is 0. The maximum absolute atomic E-state index is 10.2. The molecule has 20 heavy (non-hydrogen) atoms. The first-order valence-corrected chi connectivity index (χ1v) is 5.31. The highest BCUT2D eigenvalue weighted by Gasteiger charge is 2.24. The van der Waals surface area contributed by atoms with Crippen LogP contribution >= 0.6 is 0 Å². The molecule has 0 amide bonds. The van der Waals surface area contributed by atoms with E-state index in [0.717, 1.165) is 0 Å². The summed E-state index contributed by atoms with van der Waals surface area (Å²) < 4.78 is 9.11. The number of aliphatic hydroxyl groups excluding tert-OH is 2. The second-order valence-electron chi connectivity index (χ2n) is 3.55. The monoisotopic (exact) mass is 284 g/mol. The second kappa shape index (κ2) is 6.88. The molecule has 0 aromatic carbocycles. The molecule has 2 rings (SSSR count). The lowest BCUT2D eigenvalue weighted by molar-refractivity contribution is -0.147. The number of hydrogen-bond acceptors (Lipinski definition) is 6. The summed E-state index contributed by atoms with van der Waals surface area (Å²) in [6.07, 6.45) is 5.39. The van der Waals surface area contributed by atoms with Crippen molar-refractivity contribution in [3.8, 4) is 0 Å². The van der Waals surface area contributed by atoms with Gasteiger partial charge in [-0.2, -0.15) is 0 Å². The molecule has 0 fully saturated rings. The van der Waals surface area contributed by atoms with Crippen LogP contribution in [0.1, 0.15) is 0 Å². The van der Waals surface area contributed by atoms with Crippen LogP contribution in [0.2, 0.25) is 0 Å². The van der Waals surface area contributed by atoms with Gasteiger partial charge in [0.1, 0.15) is 11.5 Å². The third-order valence-corrected chi connectivity index (χ3v) is 2.11. The van der Waals surface area contributed by atoms with Crippen LogP contribution in [-0.4, -0.2) is 44.6 Å².